The number of amides is 1. The number of aromatic nitrogens is 2. The van der Waals surface area contributed by atoms with Gasteiger partial charge < -0.3 is 10.3 Å². The minimum Gasteiger partial charge on any atom is -0.368 e. The van der Waals surface area contributed by atoms with E-state index in [0.717, 1.165) is 5.16 Å². The molecule has 0 saturated carbocycles. The number of thioether (sulfide) groups is 1. The van der Waals surface area contributed by atoms with Crippen LogP contribution in [0.4, 0.5) is 0 Å². The first-order chi connectivity index (χ1) is 5.24. The second kappa shape index (κ2) is 3.43. The first-order valence-corrected chi connectivity index (χ1v) is 4.30. The number of primary amides is 1. The van der Waals surface area contributed by atoms with Crippen LogP contribution in [0.25, 0.3) is 0 Å². The lowest BCUT2D eigenvalue weighted by Crippen LogP contribution is -2.18. The van der Waals surface area contributed by atoms with Crippen LogP contribution in [0.3, 0.4) is 0 Å². The summed E-state index contributed by atoms with van der Waals surface area (Å²) < 4.78 is 1.72. The topological polar surface area (TPSA) is 60.9 Å². The first-order valence-electron chi connectivity index (χ1n) is 3.07. The molecule has 5 heteroatoms. The van der Waals surface area contributed by atoms with E-state index in [2.05, 4.69) is 4.98 Å². The van der Waals surface area contributed by atoms with Crippen LogP contribution in [0.1, 0.15) is 0 Å². The molecule has 60 valence electrons. The molecule has 4 nitrogen and oxygen atoms in total. The zero-order valence-electron chi connectivity index (χ0n) is 6.15. The third-order valence-corrected chi connectivity index (χ3v) is 1.89. The normalized spacial score (nSPS) is 9.91. The maximum absolute atomic E-state index is 10.5. The lowest BCUT2D eigenvalue weighted by molar-refractivity contribution is -0.118. The second-order valence-corrected chi connectivity index (χ2v) is 2.78. The highest BCUT2D eigenvalue weighted by atomic mass is 32.2. The average molecular weight is 171 g/mol. The van der Waals surface area contributed by atoms with Gasteiger partial charge in [0.05, 0.1) is 0 Å². The van der Waals surface area contributed by atoms with Crippen LogP contribution in [0.2, 0.25) is 0 Å². The number of hydrogen-bond donors (Lipinski definition) is 1. The Labute approximate surface area is 68.8 Å². The van der Waals surface area contributed by atoms with Gasteiger partial charge in [-0.2, -0.15) is 0 Å². The number of carbonyl (C=O) groups excluding carboxylic acids is 1. The fourth-order valence-electron chi connectivity index (χ4n) is 0.774. The number of carbonyl (C=O) groups is 1. The molecule has 1 aromatic heterocycles. The van der Waals surface area contributed by atoms with E-state index >= 15 is 0 Å². The summed E-state index contributed by atoms with van der Waals surface area (Å²) in [6.07, 6.45) is 5.28. The molecule has 0 bridgehead atoms. The lowest BCUT2D eigenvalue weighted by atomic mass is 10.6. The Morgan fingerprint density at radius 2 is 2.64 bits per heavy atom. The summed E-state index contributed by atoms with van der Waals surface area (Å²) in [5.41, 5.74) is 5.01. The summed E-state index contributed by atoms with van der Waals surface area (Å²) in [4.78, 5) is 14.5. The molecule has 0 aliphatic carbocycles. The average Bonchev–Trinajstić information content (AvgIpc) is 2.34. The molecule has 0 aromatic carbocycles. The Morgan fingerprint density at radius 1 is 1.91 bits per heavy atom. The van der Waals surface area contributed by atoms with Gasteiger partial charge in [0.15, 0.2) is 5.16 Å². The zero-order chi connectivity index (χ0) is 8.27. The van der Waals surface area contributed by atoms with E-state index in [-0.39, 0.29) is 12.5 Å². The molecule has 0 saturated heterocycles. The summed E-state index contributed by atoms with van der Waals surface area (Å²) in [5, 5.41) is 0.809. The fourth-order valence-corrected chi connectivity index (χ4v) is 1.30. The maximum Gasteiger partial charge on any atom is 0.237 e. The Morgan fingerprint density at radius 3 is 3.18 bits per heavy atom. The van der Waals surface area contributed by atoms with E-state index in [1.807, 2.05) is 6.26 Å². The van der Waals surface area contributed by atoms with Gasteiger partial charge in [0.2, 0.25) is 5.91 Å². The highest BCUT2D eigenvalue weighted by Crippen LogP contribution is 2.10. The molecular weight excluding hydrogens is 162 g/mol. The van der Waals surface area contributed by atoms with Crippen molar-refractivity contribution in [3.05, 3.63) is 12.4 Å². The van der Waals surface area contributed by atoms with Gasteiger partial charge in [-0.3, -0.25) is 4.79 Å². The van der Waals surface area contributed by atoms with Crippen molar-refractivity contribution < 1.29 is 4.79 Å². The monoisotopic (exact) mass is 171 g/mol. The van der Waals surface area contributed by atoms with E-state index in [9.17, 15) is 4.79 Å². The minimum atomic E-state index is -0.349. The molecule has 0 spiro atoms. The Hall–Kier alpha value is -0.970. The van der Waals surface area contributed by atoms with Crippen molar-refractivity contribution in [2.45, 2.75) is 11.7 Å². The highest BCUT2D eigenvalue weighted by Gasteiger charge is 2.02. The van der Waals surface area contributed by atoms with Crippen LogP contribution in [0, 0.1) is 0 Å². The van der Waals surface area contributed by atoms with Gasteiger partial charge in [-0.15, -0.1) is 0 Å². The van der Waals surface area contributed by atoms with Gasteiger partial charge in [-0.25, -0.2) is 4.98 Å². The molecule has 0 aliphatic heterocycles. The van der Waals surface area contributed by atoms with Gasteiger partial charge in [0, 0.05) is 12.4 Å². The first kappa shape index (κ1) is 8.13. The Balaban J connectivity index is 2.76. The molecule has 1 heterocycles. The largest absolute Gasteiger partial charge is 0.368 e. The quantitative estimate of drug-likeness (QED) is 0.656. The number of hydrogen-bond acceptors (Lipinski definition) is 3. The molecule has 11 heavy (non-hydrogen) atoms. The van der Waals surface area contributed by atoms with Crippen molar-refractivity contribution in [3.63, 3.8) is 0 Å². The Bertz CT molecular complexity index is 258. The minimum absolute atomic E-state index is 0.205. The molecule has 0 unspecified atom stereocenters. The van der Waals surface area contributed by atoms with Gasteiger partial charge >= 0.3 is 0 Å². The van der Waals surface area contributed by atoms with E-state index < -0.39 is 0 Å². The predicted molar refractivity (Wildman–Crippen MR) is 43.2 cm³/mol. The van der Waals surface area contributed by atoms with Crippen LogP contribution in [0.15, 0.2) is 17.6 Å². The smallest absolute Gasteiger partial charge is 0.237 e. The predicted octanol–water partition coefficient (Wildman–Crippen LogP) is 0.0903. The van der Waals surface area contributed by atoms with Crippen LogP contribution in [-0.4, -0.2) is 21.7 Å². The van der Waals surface area contributed by atoms with E-state index in [0.29, 0.717) is 0 Å². The molecule has 2 N–H and O–H groups in total. The van der Waals surface area contributed by atoms with Crippen LogP contribution in [0.5, 0.6) is 0 Å². The van der Waals surface area contributed by atoms with Crippen molar-refractivity contribution in [1.29, 1.82) is 0 Å². The third kappa shape index (κ3) is 1.98. The summed E-state index contributed by atoms with van der Waals surface area (Å²) in [7, 11) is 0. The zero-order valence-corrected chi connectivity index (χ0v) is 6.97. The lowest BCUT2D eigenvalue weighted by Gasteiger charge is -2.00. The molecule has 0 atom stereocenters. The fraction of sp³-hybridized carbons (Fsp3) is 0.333. The highest BCUT2D eigenvalue weighted by molar-refractivity contribution is 7.98. The summed E-state index contributed by atoms with van der Waals surface area (Å²) in [5.74, 6) is -0.349. The van der Waals surface area contributed by atoms with Crippen molar-refractivity contribution in [2.24, 2.45) is 5.73 Å². The Kier molecular flexibility index (Phi) is 2.53. The van der Waals surface area contributed by atoms with Crippen molar-refractivity contribution in [2.75, 3.05) is 6.26 Å². The molecular formula is C6H9N3OS. The molecule has 1 aromatic rings. The summed E-state index contributed by atoms with van der Waals surface area (Å²) in [6, 6.07) is 0. The van der Waals surface area contributed by atoms with Gasteiger partial charge in [0.25, 0.3) is 0 Å². The second-order valence-electron chi connectivity index (χ2n) is 2.01. The SMILES string of the molecule is CSc1nccn1CC(N)=O. The van der Waals surface area contributed by atoms with Gasteiger partial charge in [-0.05, 0) is 6.26 Å². The molecule has 0 radical (unpaired) electrons. The van der Waals surface area contributed by atoms with E-state index in [1.165, 1.54) is 11.8 Å². The molecule has 0 fully saturated rings. The number of imidazole rings is 1. The summed E-state index contributed by atoms with van der Waals surface area (Å²) >= 11 is 1.49. The van der Waals surface area contributed by atoms with Crippen LogP contribution < -0.4 is 5.73 Å². The van der Waals surface area contributed by atoms with Crippen molar-refractivity contribution in [1.82, 2.24) is 9.55 Å². The van der Waals surface area contributed by atoms with Crippen LogP contribution >= 0.6 is 11.8 Å². The number of rotatable bonds is 3. The molecule has 1 rings (SSSR count). The van der Waals surface area contributed by atoms with Gasteiger partial charge in [-0.1, -0.05) is 11.8 Å². The molecule has 1 amide bonds. The molecule has 0 aliphatic rings. The van der Waals surface area contributed by atoms with Crippen molar-refractivity contribution in [3.8, 4) is 0 Å². The van der Waals surface area contributed by atoms with Crippen LogP contribution in [-0.2, 0) is 11.3 Å². The van der Waals surface area contributed by atoms with E-state index in [1.54, 1.807) is 17.0 Å². The third-order valence-electron chi connectivity index (χ3n) is 1.19. The summed E-state index contributed by atoms with van der Waals surface area (Å²) in [6.45, 7) is 0.205. The standard InChI is InChI=1S/C6H9N3OS/c1-11-6-8-2-3-9(6)4-5(7)10/h2-3H,4H2,1H3,(H2,7,10). The van der Waals surface area contributed by atoms with E-state index in [4.69, 9.17) is 5.73 Å². The van der Waals surface area contributed by atoms with Crippen molar-refractivity contribution >= 4 is 17.7 Å². The maximum atomic E-state index is 10.5. The number of nitrogens with two attached hydrogens (primary N) is 1. The number of nitrogens with zero attached hydrogens (tertiary/aromatic N) is 2. The van der Waals surface area contributed by atoms with Gasteiger partial charge in [0.1, 0.15) is 6.54 Å².